The van der Waals surface area contributed by atoms with Gasteiger partial charge in [-0.1, -0.05) is 0 Å². The average Bonchev–Trinajstić information content (AvgIpc) is 2.04. The molecule has 0 atom stereocenters. The van der Waals surface area contributed by atoms with Crippen LogP contribution < -0.4 is 11.1 Å². The summed E-state index contributed by atoms with van der Waals surface area (Å²) >= 11 is 0. The Balaban J connectivity index is 2.58. The van der Waals surface area contributed by atoms with Crippen LogP contribution in [0.3, 0.4) is 0 Å². The molecule has 0 saturated heterocycles. The van der Waals surface area contributed by atoms with Crippen LogP contribution in [0.15, 0.2) is 18.6 Å². The van der Waals surface area contributed by atoms with E-state index in [1.54, 1.807) is 18.6 Å². The fourth-order valence-electron chi connectivity index (χ4n) is 1.13. The van der Waals surface area contributed by atoms with Crippen LogP contribution >= 0.6 is 0 Å². The number of rotatable bonds is 4. The minimum atomic E-state index is -0.0230. The molecule has 1 rings (SSSR count). The molecule has 0 aromatic carbocycles. The van der Waals surface area contributed by atoms with Crippen molar-refractivity contribution in [3.63, 3.8) is 0 Å². The molecule has 0 saturated carbocycles. The standard InChI is InChI=1S/C9H16N4/c1-9(2,3-4-10)13-8-7-11-5-6-12-8/h5-7H,3-4,10H2,1-2H3,(H,12,13). The lowest BCUT2D eigenvalue weighted by Crippen LogP contribution is -2.33. The highest BCUT2D eigenvalue weighted by molar-refractivity contribution is 5.33. The summed E-state index contributed by atoms with van der Waals surface area (Å²) < 4.78 is 0. The van der Waals surface area contributed by atoms with Gasteiger partial charge in [-0.2, -0.15) is 0 Å². The number of nitrogens with two attached hydrogens (primary N) is 1. The molecular weight excluding hydrogens is 164 g/mol. The molecule has 0 unspecified atom stereocenters. The van der Waals surface area contributed by atoms with Crippen molar-refractivity contribution in [1.82, 2.24) is 9.97 Å². The van der Waals surface area contributed by atoms with E-state index in [9.17, 15) is 0 Å². The van der Waals surface area contributed by atoms with Crippen molar-refractivity contribution < 1.29 is 0 Å². The van der Waals surface area contributed by atoms with Gasteiger partial charge in [0.05, 0.1) is 6.20 Å². The Morgan fingerprint density at radius 2 is 2.23 bits per heavy atom. The fraction of sp³-hybridized carbons (Fsp3) is 0.556. The summed E-state index contributed by atoms with van der Waals surface area (Å²) in [4.78, 5) is 8.10. The maximum atomic E-state index is 5.49. The van der Waals surface area contributed by atoms with Crippen LogP contribution in [-0.4, -0.2) is 22.1 Å². The predicted molar refractivity (Wildman–Crippen MR) is 53.4 cm³/mol. The summed E-state index contributed by atoms with van der Waals surface area (Å²) in [5.74, 6) is 0.793. The Morgan fingerprint density at radius 1 is 1.46 bits per heavy atom. The Bertz CT molecular complexity index is 245. The summed E-state index contributed by atoms with van der Waals surface area (Å²) in [6, 6.07) is 0. The molecule has 4 heteroatoms. The van der Waals surface area contributed by atoms with E-state index in [2.05, 4.69) is 29.1 Å². The SMILES string of the molecule is CC(C)(CCN)Nc1cnccn1. The summed E-state index contributed by atoms with van der Waals surface area (Å²) in [5, 5.41) is 3.27. The molecule has 0 spiro atoms. The second kappa shape index (κ2) is 4.18. The number of anilines is 1. The molecule has 3 N–H and O–H groups in total. The zero-order valence-corrected chi connectivity index (χ0v) is 8.12. The second-order valence-electron chi connectivity index (χ2n) is 3.64. The second-order valence-corrected chi connectivity index (χ2v) is 3.64. The summed E-state index contributed by atoms with van der Waals surface area (Å²) in [6.45, 7) is 4.85. The van der Waals surface area contributed by atoms with Gasteiger partial charge < -0.3 is 11.1 Å². The molecule has 1 heterocycles. The minimum absolute atomic E-state index is 0.0230. The normalized spacial score (nSPS) is 11.3. The van der Waals surface area contributed by atoms with Crippen molar-refractivity contribution in [2.45, 2.75) is 25.8 Å². The largest absolute Gasteiger partial charge is 0.364 e. The quantitative estimate of drug-likeness (QED) is 0.726. The highest BCUT2D eigenvalue weighted by Gasteiger charge is 2.16. The lowest BCUT2D eigenvalue weighted by molar-refractivity contribution is 0.524. The third-order valence-electron chi connectivity index (χ3n) is 1.80. The number of nitrogens with one attached hydrogen (secondary N) is 1. The van der Waals surface area contributed by atoms with Crippen molar-refractivity contribution in [2.75, 3.05) is 11.9 Å². The van der Waals surface area contributed by atoms with Gasteiger partial charge in [0.2, 0.25) is 0 Å². The van der Waals surface area contributed by atoms with Gasteiger partial charge in [-0.25, -0.2) is 4.98 Å². The monoisotopic (exact) mass is 180 g/mol. The number of hydrogen-bond acceptors (Lipinski definition) is 4. The summed E-state index contributed by atoms with van der Waals surface area (Å²) in [7, 11) is 0. The van der Waals surface area contributed by atoms with E-state index in [1.807, 2.05) is 0 Å². The summed E-state index contributed by atoms with van der Waals surface area (Å²) in [5.41, 5.74) is 5.47. The Morgan fingerprint density at radius 3 is 2.77 bits per heavy atom. The van der Waals surface area contributed by atoms with Gasteiger partial charge in [-0.05, 0) is 26.8 Å². The molecular formula is C9H16N4. The topological polar surface area (TPSA) is 63.8 Å². The van der Waals surface area contributed by atoms with Gasteiger partial charge in [-0.15, -0.1) is 0 Å². The highest BCUT2D eigenvalue weighted by atomic mass is 15.1. The van der Waals surface area contributed by atoms with Crippen LogP contribution in [0.2, 0.25) is 0 Å². The highest BCUT2D eigenvalue weighted by Crippen LogP contribution is 2.13. The van der Waals surface area contributed by atoms with Crippen molar-refractivity contribution in [2.24, 2.45) is 5.73 Å². The lowest BCUT2D eigenvalue weighted by atomic mass is 10.0. The smallest absolute Gasteiger partial charge is 0.144 e. The molecule has 0 radical (unpaired) electrons. The molecule has 13 heavy (non-hydrogen) atoms. The van der Waals surface area contributed by atoms with Crippen LogP contribution in [0.5, 0.6) is 0 Å². The van der Waals surface area contributed by atoms with Gasteiger partial charge in [0.1, 0.15) is 5.82 Å². The van der Waals surface area contributed by atoms with Gasteiger partial charge in [0, 0.05) is 17.9 Å². The van der Waals surface area contributed by atoms with Gasteiger partial charge in [-0.3, -0.25) is 4.98 Å². The average molecular weight is 180 g/mol. The molecule has 1 aromatic heterocycles. The third kappa shape index (κ3) is 3.38. The van der Waals surface area contributed by atoms with Gasteiger partial charge >= 0.3 is 0 Å². The van der Waals surface area contributed by atoms with Crippen LogP contribution in [0.4, 0.5) is 5.82 Å². The maximum Gasteiger partial charge on any atom is 0.144 e. The predicted octanol–water partition coefficient (Wildman–Crippen LogP) is 1.02. The van der Waals surface area contributed by atoms with Crippen molar-refractivity contribution in [3.8, 4) is 0 Å². The van der Waals surface area contributed by atoms with Crippen LogP contribution in [0.25, 0.3) is 0 Å². The first kappa shape index (κ1) is 9.92. The van der Waals surface area contributed by atoms with E-state index in [0.717, 1.165) is 12.2 Å². The van der Waals surface area contributed by atoms with Crippen molar-refractivity contribution in [1.29, 1.82) is 0 Å². The summed E-state index contributed by atoms with van der Waals surface area (Å²) in [6.07, 6.45) is 5.93. The van der Waals surface area contributed by atoms with E-state index < -0.39 is 0 Å². The van der Waals surface area contributed by atoms with Crippen molar-refractivity contribution in [3.05, 3.63) is 18.6 Å². The molecule has 0 aliphatic carbocycles. The zero-order valence-electron chi connectivity index (χ0n) is 8.12. The molecule has 0 amide bonds. The van der Waals surface area contributed by atoms with Crippen LogP contribution in [-0.2, 0) is 0 Å². The van der Waals surface area contributed by atoms with E-state index in [4.69, 9.17) is 5.73 Å². The molecule has 4 nitrogen and oxygen atoms in total. The maximum absolute atomic E-state index is 5.49. The molecule has 1 aromatic rings. The Hall–Kier alpha value is -1.16. The molecule has 0 aliphatic rings. The zero-order chi connectivity index (χ0) is 9.73. The minimum Gasteiger partial charge on any atom is -0.364 e. The third-order valence-corrected chi connectivity index (χ3v) is 1.80. The van der Waals surface area contributed by atoms with E-state index in [-0.39, 0.29) is 5.54 Å². The van der Waals surface area contributed by atoms with Crippen LogP contribution in [0, 0.1) is 0 Å². The first-order chi connectivity index (χ1) is 6.14. The number of nitrogens with zero attached hydrogens (tertiary/aromatic N) is 2. The number of aromatic nitrogens is 2. The molecule has 0 bridgehead atoms. The Labute approximate surface area is 78.6 Å². The fourth-order valence-corrected chi connectivity index (χ4v) is 1.13. The van der Waals surface area contributed by atoms with E-state index in [1.165, 1.54) is 0 Å². The first-order valence-electron chi connectivity index (χ1n) is 4.38. The number of hydrogen-bond donors (Lipinski definition) is 2. The van der Waals surface area contributed by atoms with Gasteiger partial charge in [0.25, 0.3) is 0 Å². The van der Waals surface area contributed by atoms with Gasteiger partial charge in [0.15, 0.2) is 0 Å². The Kier molecular flexibility index (Phi) is 3.19. The van der Waals surface area contributed by atoms with E-state index >= 15 is 0 Å². The van der Waals surface area contributed by atoms with Crippen molar-refractivity contribution >= 4 is 5.82 Å². The van der Waals surface area contributed by atoms with E-state index in [0.29, 0.717) is 6.54 Å². The molecule has 0 aliphatic heterocycles. The van der Waals surface area contributed by atoms with Crippen LogP contribution in [0.1, 0.15) is 20.3 Å². The first-order valence-corrected chi connectivity index (χ1v) is 4.38. The molecule has 72 valence electrons. The molecule has 0 fully saturated rings. The lowest BCUT2D eigenvalue weighted by Gasteiger charge is -2.25.